The van der Waals surface area contributed by atoms with Crippen molar-refractivity contribution in [1.29, 1.82) is 0 Å². The van der Waals surface area contributed by atoms with Gasteiger partial charge in [0.25, 0.3) is 0 Å². The molecular weight excluding hydrogens is 238 g/mol. The van der Waals surface area contributed by atoms with Crippen LogP contribution in [0, 0.1) is 0 Å². The zero-order valence-electron chi connectivity index (χ0n) is 12.4. The molecule has 0 amide bonds. The summed E-state index contributed by atoms with van der Waals surface area (Å²) in [4.78, 5) is 0. The topological polar surface area (TPSA) is 44.5 Å². The van der Waals surface area contributed by atoms with Gasteiger partial charge in [-0.15, -0.1) is 0 Å². The highest BCUT2D eigenvalue weighted by Crippen LogP contribution is 2.26. The standard InChI is InChI=1S/C16H27NO2/c1-4-6-7-8-9-13(3)19-16-11-14(17)10-15(12-16)18-5-2/h10-13H,4-9,17H2,1-3H3. The maximum absolute atomic E-state index is 5.90. The van der Waals surface area contributed by atoms with Gasteiger partial charge >= 0.3 is 0 Å². The monoisotopic (exact) mass is 265 g/mol. The maximum Gasteiger partial charge on any atom is 0.125 e. The molecule has 0 bridgehead atoms. The molecule has 1 aromatic carbocycles. The van der Waals surface area contributed by atoms with E-state index in [4.69, 9.17) is 15.2 Å². The fourth-order valence-corrected chi connectivity index (χ4v) is 2.06. The molecule has 0 heterocycles. The first kappa shape index (κ1) is 15.7. The fraction of sp³-hybridized carbons (Fsp3) is 0.625. The van der Waals surface area contributed by atoms with Gasteiger partial charge in [-0.1, -0.05) is 26.2 Å². The number of nitrogens with two attached hydrogens (primary N) is 1. The minimum absolute atomic E-state index is 0.216. The minimum Gasteiger partial charge on any atom is -0.494 e. The smallest absolute Gasteiger partial charge is 0.125 e. The molecule has 2 N–H and O–H groups in total. The van der Waals surface area contributed by atoms with Gasteiger partial charge in [0.2, 0.25) is 0 Å². The number of hydrogen-bond donors (Lipinski definition) is 1. The lowest BCUT2D eigenvalue weighted by atomic mass is 10.1. The Kier molecular flexibility index (Phi) is 7.16. The third-order valence-electron chi connectivity index (χ3n) is 3.01. The van der Waals surface area contributed by atoms with Crippen molar-refractivity contribution in [2.45, 2.75) is 59.0 Å². The van der Waals surface area contributed by atoms with E-state index < -0.39 is 0 Å². The van der Waals surface area contributed by atoms with Crippen molar-refractivity contribution in [3.63, 3.8) is 0 Å². The molecule has 1 aromatic rings. The van der Waals surface area contributed by atoms with Gasteiger partial charge in [-0.25, -0.2) is 0 Å². The van der Waals surface area contributed by atoms with Crippen LogP contribution in [0.15, 0.2) is 18.2 Å². The molecule has 0 spiro atoms. The number of benzene rings is 1. The van der Waals surface area contributed by atoms with Crippen LogP contribution in [0.4, 0.5) is 5.69 Å². The Hall–Kier alpha value is -1.38. The van der Waals surface area contributed by atoms with Crippen LogP contribution in [0.2, 0.25) is 0 Å². The SMILES string of the molecule is CCCCCCC(C)Oc1cc(N)cc(OCC)c1. The number of anilines is 1. The zero-order chi connectivity index (χ0) is 14.1. The number of hydrogen-bond acceptors (Lipinski definition) is 3. The van der Waals surface area contributed by atoms with Crippen LogP contribution in [0.3, 0.4) is 0 Å². The molecule has 3 nitrogen and oxygen atoms in total. The fourth-order valence-electron chi connectivity index (χ4n) is 2.06. The third-order valence-corrected chi connectivity index (χ3v) is 3.01. The van der Waals surface area contributed by atoms with Crippen LogP contribution in [-0.4, -0.2) is 12.7 Å². The second-order valence-electron chi connectivity index (χ2n) is 4.95. The van der Waals surface area contributed by atoms with E-state index in [2.05, 4.69) is 13.8 Å². The molecule has 19 heavy (non-hydrogen) atoms. The highest BCUT2D eigenvalue weighted by atomic mass is 16.5. The van der Waals surface area contributed by atoms with Crippen molar-refractivity contribution in [2.75, 3.05) is 12.3 Å². The van der Waals surface area contributed by atoms with E-state index in [0.29, 0.717) is 12.3 Å². The van der Waals surface area contributed by atoms with Crippen molar-refractivity contribution < 1.29 is 9.47 Å². The van der Waals surface area contributed by atoms with Crippen LogP contribution in [-0.2, 0) is 0 Å². The molecule has 0 saturated heterocycles. The number of ether oxygens (including phenoxy) is 2. The highest BCUT2D eigenvalue weighted by Gasteiger charge is 2.06. The van der Waals surface area contributed by atoms with E-state index in [1.165, 1.54) is 25.7 Å². The normalized spacial score (nSPS) is 12.2. The molecule has 3 heteroatoms. The molecule has 0 aliphatic heterocycles. The average Bonchev–Trinajstić information content (AvgIpc) is 2.34. The van der Waals surface area contributed by atoms with Crippen LogP contribution in [0.25, 0.3) is 0 Å². The summed E-state index contributed by atoms with van der Waals surface area (Å²) in [7, 11) is 0. The first-order chi connectivity index (χ1) is 9.15. The summed E-state index contributed by atoms with van der Waals surface area (Å²) < 4.78 is 11.4. The van der Waals surface area contributed by atoms with E-state index in [1.54, 1.807) is 0 Å². The molecule has 0 aliphatic carbocycles. The Morgan fingerprint density at radius 2 is 1.79 bits per heavy atom. The van der Waals surface area contributed by atoms with Crippen molar-refractivity contribution in [2.24, 2.45) is 0 Å². The molecule has 0 aliphatic rings. The van der Waals surface area contributed by atoms with E-state index in [-0.39, 0.29) is 6.10 Å². The Bertz CT molecular complexity index is 366. The second kappa shape index (κ2) is 8.68. The summed E-state index contributed by atoms with van der Waals surface area (Å²) in [6, 6.07) is 5.58. The molecule has 1 unspecified atom stereocenters. The van der Waals surface area contributed by atoms with Gasteiger partial charge in [-0.05, 0) is 26.7 Å². The van der Waals surface area contributed by atoms with Crippen molar-refractivity contribution in [3.05, 3.63) is 18.2 Å². The minimum atomic E-state index is 0.216. The zero-order valence-corrected chi connectivity index (χ0v) is 12.4. The van der Waals surface area contributed by atoms with E-state index >= 15 is 0 Å². The van der Waals surface area contributed by atoms with Crippen LogP contribution in [0.5, 0.6) is 11.5 Å². The third kappa shape index (κ3) is 6.37. The van der Waals surface area contributed by atoms with E-state index in [9.17, 15) is 0 Å². The van der Waals surface area contributed by atoms with Crippen LogP contribution in [0.1, 0.15) is 52.9 Å². The maximum atomic E-state index is 5.90. The van der Waals surface area contributed by atoms with Crippen LogP contribution < -0.4 is 15.2 Å². The van der Waals surface area contributed by atoms with E-state index in [0.717, 1.165) is 17.9 Å². The molecule has 108 valence electrons. The van der Waals surface area contributed by atoms with Gasteiger partial charge in [0.15, 0.2) is 0 Å². The van der Waals surface area contributed by atoms with Crippen molar-refractivity contribution in [1.82, 2.24) is 0 Å². The summed E-state index contributed by atoms with van der Waals surface area (Å²) >= 11 is 0. The summed E-state index contributed by atoms with van der Waals surface area (Å²) in [6.07, 6.45) is 6.37. The summed E-state index contributed by atoms with van der Waals surface area (Å²) in [6.45, 7) is 6.92. The number of unbranched alkanes of at least 4 members (excludes halogenated alkanes) is 3. The predicted molar refractivity (Wildman–Crippen MR) is 80.9 cm³/mol. The van der Waals surface area contributed by atoms with Crippen molar-refractivity contribution >= 4 is 5.69 Å². The van der Waals surface area contributed by atoms with E-state index in [1.807, 2.05) is 25.1 Å². The van der Waals surface area contributed by atoms with Gasteiger partial charge in [0, 0.05) is 23.9 Å². The predicted octanol–water partition coefficient (Wildman–Crippen LogP) is 4.41. The Morgan fingerprint density at radius 3 is 2.47 bits per heavy atom. The van der Waals surface area contributed by atoms with Crippen molar-refractivity contribution in [3.8, 4) is 11.5 Å². The first-order valence-electron chi connectivity index (χ1n) is 7.35. The van der Waals surface area contributed by atoms with Crippen LogP contribution >= 0.6 is 0 Å². The van der Waals surface area contributed by atoms with Gasteiger partial charge < -0.3 is 15.2 Å². The molecule has 0 saturated carbocycles. The number of nitrogen functional groups attached to an aromatic ring is 1. The lowest BCUT2D eigenvalue weighted by Gasteiger charge is -2.16. The summed E-state index contributed by atoms with van der Waals surface area (Å²) in [5.41, 5.74) is 6.52. The number of rotatable bonds is 9. The quantitative estimate of drug-likeness (QED) is 0.531. The largest absolute Gasteiger partial charge is 0.494 e. The molecule has 0 radical (unpaired) electrons. The summed E-state index contributed by atoms with van der Waals surface area (Å²) in [5, 5.41) is 0. The average molecular weight is 265 g/mol. The van der Waals surface area contributed by atoms with Gasteiger partial charge in [-0.2, -0.15) is 0 Å². The Balaban J connectivity index is 2.46. The molecular formula is C16H27NO2. The molecule has 0 aromatic heterocycles. The lowest BCUT2D eigenvalue weighted by molar-refractivity contribution is 0.205. The highest BCUT2D eigenvalue weighted by molar-refractivity contribution is 5.50. The molecule has 1 rings (SSSR count). The summed E-state index contributed by atoms with van der Waals surface area (Å²) in [5.74, 6) is 1.57. The van der Waals surface area contributed by atoms with Gasteiger partial charge in [-0.3, -0.25) is 0 Å². The second-order valence-corrected chi connectivity index (χ2v) is 4.95. The lowest BCUT2D eigenvalue weighted by Crippen LogP contribution is -2.11. The first-order valence-corrected chi connectivity index (χ1v) is 7.35. The molecule has 0 fully saturated rings. The van der Waals surface area contributed by atoms with Gasteiger partial charge in [0.05, 0.1) is 12.7 Å². The molecule has 1 atom stereocenters. The van der Waals surface area contributed by atoms with Gasteiger partial charge in [0.1, 0.15) is 11.5 Å². The Labute approximate surface area is 117 Å². The Morgan fingerprint density at radius 1 is 1.05 bits per heavy atom.